The van der Waals surface area contributed by atoms with Gasteiger partial charge in [-0.05, 0) is 41.3 Å². The molecule has 0 saturated carbocycles. The Balaban J connectivity index is 1.46. The highest BCUT2D eigenvalue weighted by Crippen LogP contribution is 2.33. The van der Waals surface area contributed by atoms with Crippen LogP contribution in [-0.2, 0) is 5.41 Å². The Morgan fingerprint density at radius 3 is 2.33 bits per heavy atom. The zero-order chi connectivity index (χ0) is 29.6. The van der Waals surface area contributed by atoms with Crippen LogP contribution in [0, 0.1) is 10.1 Å². The Kier molecular flexibility index (Phi) is 6.66. The zero-order valence-electron chi connectivity index (χ0n) is 23.3. The maximum atomic E-state index is 13.4. The number of nitro benzene ring substituents is 1. The van der Waals surface area contributed by atoms with Crippen molar-refractivity contribution in [3.05, 3.63) is 115 Å². The average molecular weight is 579 g/mol. The smallest absolute Gasteiger partial charge is 0.311 e. The van der Waals surface area contributed by atoms with E-state index in [1.165, 1.54) is 40.7 Å². The molecule has 210 valence electrons. The van der Waals surface area contributed by atoms with E-state index >= 15 is 0 Å². The van der Waals surface area contributed by atoms with Gasteiger partial charge in [-0.3, -0.25) is 14.9 Å². The molecule has 0 atom stereocenters. The van der Waals surface area contributed by atoms with Crippen LogP contribution in [0.2, 0.25) is 0 Å². The van der Waals surface area contributed by atoms with Crippen LogP contribution in [0.15, 0.2) is 83.8 Å². The lowest BCUT2D eigenvalue weighted by Crippen LogP contribution is -2.23. The van der Waals surface area contributed by atoms with Crippen molar-refractivity contribution < 1.29 is 9.66 Å². The number of hydrogen-bond donors (Lipinski definition) is 0. The molecule has 0 aliphatic rings. The quantitative estimate of drug-likeness (QED) is 0.191. The molecule has 0 saturated heterocycles. The van der Waals surface area contributed by atoms with Gasteiger partial charge in [0.25, 0.3) is 5.56 Å². The second kappa shape index (κ2) is 10.3. The molecule has 3 aromatic carbocycles. The number of nitro groups is 1. The highest BCUT2D eigenvalue weighted by atomic mass is 32.1. The Morgan fingerprint density at radius 2 is 1.69 bits per heavy atom. The number of methoxy groups -OCH3 is 1. The third-order valence-corrected chi connectivity index (χ3v) is 7.85. The van der Waals surface area contributed by atoms with Crippen molar-refractivity contribution in [1.29, 1.82) is 0 Å². The predicted octanol–water partition coefficient (Wildman–Crippen LogP) is 5.43. The van der Waals surface area contributed by atoms with Crippen molar-refractivity contribution in [3.63, 3.8) is 0 Å². The number of hydrogen-bond acceptors (Lipinski definition) is 8. The number of nitrogens with zero attached hydrogens (tertiary/aromatic N) is 6. The standard InChI is InChI=1S/C31H26N6O4S/c1-31(2,3)22-13-10-19(11-14-22)28-32-30-36(34-28)29(38)26(42-30)17-21-18-35(23-8-6-5-7-9-23)33-27(21)20-12-15-25(41-4)24(16-20)37(39)40/h5-18H,1-4H3. The highest BCUT2D eigenvalue weighted by Gasteiger charge is 2.20. The molecule has 0 aliphatic carbocycles. The van der Waals surface area contributed by atoms with Gasteiger partial charge in [0.05, 0.1) is 22.3 Å². The van der Waals surface area contributed by atoms with Crippen LogP contribution in [0.25, 0.3) is 39.4 Å². The molecule has 3 heterocycles. The molecule has 11 heteroatoms. The topological polar surface area (TPSA) is 117 Å². The van der Waals surface area contributed by atoms with Gasteiger partial charge in [-0.2, -0.15) is 14.6 Å². The molecule has 3 aromatic heterocycles. The Labute approximate surface area is 244 Å². The number of benzene rings is 3. The van der Waals surface area contributed by atoms with Gasteiger partial charge in [0.1, 0.15) is 5.69 Å². The molecule has 0 unspecified atom stereocenters. The van der Waals surface area contributed by atoms with Crippen LogP contribution in [0.4, 0.5) is 5.69 Å². The Bertz CT molecular complexity index is 2050. The van der Waals surface area contributed by atoms with Crippen molar-refractivity contribution >= 4 is 28.1 Å². The summed E-state index contributed by atoms with van der Waals surface area (Å²) in [4.78, 5) is 29.7. The number of fused-ring (bicyclic) bond motifs is 1. The molecule has 0 amide bonds. The minimum Gasteiger partial charge on any atom is -0.490 e. The molecule has 6 rings (SSSR count). The number of para-hydroxylation sites is 1. The van der Waals surface area contributed by atoms with Gasteiger partial charge in [0.2, 0.25) is 4.96 Å². The number of ether oxygens (including phenoxy) is 1. The van der Waals surface area contributed by atoms with Crippen LogP contribution >= 0.6 is 11.3 Å². The lowest BCUT2D eigenvalue weighted by atomic mass is 9.87. The van der Waals surface area contributed by atoms with Crippen molar-refractivity contribution in [2.75, 3.05) is 7.11 Å². The van der Waals surface area contributed by atoms with Crippen LogP contribution in [-0.4, -0.2) is 36.4 Å². The molecule has 42 heavy (non-hydrogen) atoms. The first-order valence-corrected chi connectivity index (χ1v) is 13.9. The van der Waals surface area contributed by atoms with Gasteiger partial charge in [0, 0.05) is 29.0 Å². The van der Waals surface area contributed by atoms with Crippen LogP contribution in [0.5, 0.6) is 5.75 Å². The number of thiazole rings is 1. The van der Waals surface area contributed by atoms with E-state index in [2.05, 4.69) is 43.0 Å². The first kappa shape index (κ1) is 27.0. The van der Waals surface area contributed by atoms with Crippen LogP contribution in [0.1, 0.15) is 31.9 Å². The summed E-state index contributed by atoms with van der Waals surface area (Å²) in [6, 6.07) is 22.2. The number of rotatable bonds is 6. The lowest BCUT2D eigenvalue weighted by molar-refractivity contribution is -0.385. The van der Waals surface area contributed by atoms with E-state index in [0.717, 1.165) is 11.3 Å². The maximum Gasteiger partial charge on any atom is 0.311 e. The average Bonchev–Trinajstić information content (AvgIpc) is 3.68. The van der Waals surface area contributed by atoms with Gasteiger partial charge in [0.15, 0.2) is 11.6 Å². The summed E-state index contributed by atoms with van der Waals surface area (Å²) >= 11 is 1.22. The summed E-state index contributed by atoms with van der Waals surface area (Å²) in [6.45, 7) is 6.46. The third kappa shape index (κ3) is 4.94. The fourth-order valence-corrected chi connectivity index (χ4v) is 5.53. The summed E-state index contributed by atoms with van der Waals surface area (Å²) in [6.07, 6.45) is 3.51. The number of aromatic nitrogens is 5. The summed E-state index contributed by atoms with van der Waals surface area (Å²) in [5.41, 5.74) is 3.96. The van der Waals surface area contributed by atoms with Gasteiger partial charge >= 0.3 is 5.69 Å². The Morgan fingerprint density at radius 1 is 0.976 bits per heavy atom. The monoisotopic (exact) mass is 578 g/mol. The summed E-state index contributed by atoms with van der Waals surface area (Å²) < 4.78 is 8.57. The van der Waals surface area contributed by atoms with E-state index < -0.39 is 4.92 Å². The second-order valence-electron chi connectivity index (χ2n) is 10.7. The minimum absolute atomic E-state index is 0.0251. The lowest BCUT2D eigenvalue weighted by Gasteiger charge is -2.18. The molecule has 6 aromatic rings. The van der Waals surface area contributed by atoms with E-state index in [0.29, 0.717) is 32.1 Å². The van der Waals surface area contributed by atoms with Gasteiger partial charge in [-0.15, -0.1) is 5.10 Å². The van der Waals surface area contributed by atoms with Gasteiger partial charge in [-0.1, -0.05) is 74.6 Å². The third-order valence-electron chi connectivity index (χ3n) is 6.89. The van der Waals surface area contributed by atoms with Crippen LogP contribution in [0.3, 0.4) is 0 Å². The van der Waals surface area contributed by atoms with E-state index in [4.69, 9.17) is 9.84 Å². The summed E-state index contributed by atoms with van der Waals surface area (Å²) in [5.74, 6) is 0.626. The van der Waals surface area contributed by atoms with Crippen LogP contribution < -0.4 is 14.8 Å². The molecular formula is C31H26N6O4S. The van der Waals surface area contributed by atoms with Gasteiger partial charge < -0.3 is 4.74 Å². The molecule has 0 radical (unpaired) electrons. The molecule has 0 bridgehead atoms. The minimum atomic E-state index is -0.496. The maximum absolute atomic E-state index is 13.4. The normalized spacial score (nSPS) is 12.2. The van der Waals surface area contributed by atoms with E-state index in [1.54, 1.807) is 23.0 Å². The van der Waals surface area contributed by atoms with Crippen molar-refractivity contribution in [2.45, 2.75) is 26.2 Å². The molecule has 0 aliphatic heterocycles. The van der Waals surface area contributed by atoms with E-state index in [-0.39, 0.29) is 22.4 Å². The summed E-state index contributed by atoms with van der Waals surface area (Å²) in [7, 11) is 1.38. The zero-order valence-corrected chi connectivity index (χ0v) is 24.1. The van der Waals surface area contributed by atoms with Crippen molar-refractivity contribution in [2.24, 2.45) is 0 Å². The fraction of sp³-hybridized carbons (Fsp3) is 0.161. The van der Waals surface area contributed by atoms with Crippen molar-refractivity contribution in [3.8, 4) is 34.1 Å². The molecular weight excluding hydrogens is 552 g/mol. The SMILES string of the molecule is COc1ccc(-c2nn(-c3ccccc3)cc2C=c2sc3nc(-c4ccc(C(C)(C)C)cc4)nn3c2=O)cc1[N+](=O)[O-]. The fourth-order valence-electron chi connectivity index (χ4n) is 4.63. The highest BCUT2D eigenvalue weighted by molar-refractivity contribution is 7.15. The largest absolute Gasteiger partial charge is 0.490 e. The molecule has 0 spiro atoms. The molecule has 0 N–H and O–H groups in total. The van der Waals surface area contributed by atoms with Gasteiger partial charge in [-0.25, -0.2) is 4.68 Å². The molecule has 0 fully saturated rings. The predicted molar refractivity (Wildman–Crippen MR) is 162 cm³/mol. The Hall–Kier alpha value is -5.16. The summed E-state index contributed by atoms with van der Waals surface area (Å²) in [5, 5.41) is 20.9. The van der Waals surface area contributed by atoms with E-state index in [1.807, 2.05) is 42.5 Å². The van der Waals surface area contributed by atoms with E-state index in [9.17, 15) is 14.9 Å². The second-order valence-corrected chi connectivity index (χ2v) is 11.7. The van der Waals surface area contributed by atoms with Crippen molar-refractivity contribution in [1.82, 2.24) is 24.4 Å². The molecule has 10 nitrogen and oxygen atoms in total. The first-order valence-electron chi connectivity index (χ1n) is 13.1. The first-order chi connectivity index (χ1) is 20.1.